The van der Waals surface area contributed by atoms with Crippen LogP contribution in [0.3, 0.4) is 0 Å². The molecule has 4 aliphatic rings. The molecule has 0 aromatic heterocycles. The van der Waals surface area contributed by atoms with Gasteiger partial charge in [0.15, 0.2) is 0 Å². The van der Waals surface area contributed by atoms with Gasteiger partial charge in [0.2, 0.25) is 6.29 Å². The van der Waals surface area contributed by atoms with Crippen LogP contribution < -0.4 is 0 Å². The fourth-order valence-electron chi connectivity index (χ4n) is 6.05. The average molecular weight is 420 g/mol. The zero-order valence-corrected chi connectivity index (χ0v) is 17.1. The first kappa shape index (κ1) is 19.2. The monoisotopic (exact) mass is 420 g/mol. The van der Waals surface area contributed by atoms with E-state index in [1.807, 2.05) is 12.1 Å². The molecule has 1 spiro atoms. The van der Waals surface area contributed by atoms with Crippen molar-refractivity contribution in [2.45, 2.75) is 50.3 Å². The second-order valence-electron chi connectivity index (χ2n) is 8.39. The third-order valence-corrected chi connectivity index (χ3v) is 8.19. The topological polar surface area (TPSA) is 91.3 Å². The van der Waals surface area contributed by atoms with Gasteiger partial charge in [-0.3, -0.25) is 9.59 Å². The molecule has 1 N–H and O–H groups in total. The van der Waals surface area contributed by atoms with Crippen LogP contribution in [-0.2, 0) is 28.5 Å². The standard InChI is InChI=1S/C21H24O7S/c1-11(22)25-9-20-17-8-29-10-21(20)15(13-3-5-14(24)6-4-13)7-16(28-21)18(20)19(27-17)26-12(2)23/h3-6,15-19,24H,7-10H2,1-2H3/t15-,16+,17-,18-,19-,20+,21-/m1/s1. The largest absolute Gasteiger partial charge is 0.508 e. The van der Waals surface area contributed by atoms with E-state index in [1.54, 1.807) is 23.9 Å². The number of rotatable bonds is 4. The Labute approximate surface area is 173 Å². The van der Waals surface area contributed by atoms with Gasteiger partial charge in [0.1, 0.15) is 12.4 Å². The first-order valence-corrected chi connectivity index (χ1v) is 11.0. The molecular weight excluding hydrogens is 396 g/mol. The van der Waals surface area contributed by atoms with Crippen LogP contribution >= 0.6 is 11.8 Å². The molecule has 1 aromatic carbocycles. The van der Waals surface area contributed by atoms with Crippen LogP contribution in [-0.4, -0.2) is 59.3 Å². The normalized spacial score (nSPS) is 41.8. The number of phenols is 1. The summed E-state index contributed by atoms with van der Waals surface area (Å²) in [5.74, 6) is 0.864. The Morgan fingerprint density at radius 1 is 1.24 bits per heavy atom. The van der Waals surface area contributed by atoms with Gasteiger partial charge in [-0.05, 0) is 24.1 Å². The Bertz CT molecular complexity index is 842. The van der Waals surface area contributed by atoms with E-state index in [1.165, 1.54) is 13.8 Å². The minimum absolute atomic E-state index is 0.0786. The number of hydrogen-bond donors (Lipinski definition) is 1. The summed E-state index contributed by atoms with van der Waals surface area (Å²) < 4.78 is 24.1. The van der Waals surface area contributed by atoms with Crippen molar-refractivity contribution < 1.29 is 33.6 Å². The molecule has 0 aliphatic carbocycles. The van der Waals surface area contributed by atoms with Crippen molar-refractivity contribution in [1.29, 1.82) is 0 Å². The first-order chi connectivity index (χ1) is 13.9. The van der Waals surface area contributed by atoms with Crippen molar-refractivity contribution in [3.63, 3.8) is 0 Å². The fraction of sp³-hybridized carbons (Fsp3) is 0.619. The van der Waals surface area contributed by atoms with E-state index in [2.05, 4.69) is 0 Å². The zero-order valence-electron chi connectivity index (χ0n) is 16.3. The molecular formula is C21H24O7S. The third kappa shape index (κ3) is 2.58. The van der Waals surface area contributed by atoms with Gasteiger partial charge in [-0.25, -0.2) is 0 Å². The maximum Gasteiger partial charge on any atom is 0.304 e. The first-order valence-electron chi connectivity index (χ1n) is 9.88. The molecule has 0 amide bonds. The molecule has 5 rings (SSSR count). The summed E-state index contributed by atoms with van der Waals surface area (Å²) in [6.45, 7) is 2.96. The Morgan fingerprint density at radius 3 is 2.69 bits per heavy atom. The maximum absolute atomic E-state index is 11.7. The number of carbonyl (C=O) groups is 2. The zero-order chi connectivity index (χ0) is 20.4. The summed E-state index contributed by atoms with van der Waals surface area (Å²) in [7, 11) is 0. The second kappa shape index (κ2) is 6.62. The quantitative estimate of drug-likeness (QED) is 0.742. The van der Waals surface area contributed by atoms with Crippen LogP contribution in [0, 0.1) is 11.3 Å². The van der Waals surface area contributed by atoms with Crippen molar-refractivity contribution in [1.82, 2.24) is 0 Å². The minimum Gasteiger partial charge on any atom is -0.508 e. The highest BCUT2D eigenvalue weighted by molar-refractivity contribution is 7.99. The molecule has 0 unspecified atom stereocenters. The lowest BCUT2D eigenvalue weighted by atomic mass is 9.54. The van der Waals surface area contributed by atoms with E-state index in [-0.39, 0.29) is 42.4 Å². The lowest BCUT2D eigenvalue weighted by molar-refractivity contribution is -0.187. The van der Waals surface area contributed by atoms with Gasteiger partial charge in [-0.2, -0.15) is 11.8 Å². The smallest absolute Gasteiger partial charge is 0.304 e. The molecule has 156 valence electrons. The summed E-state index contributed by atoms with van der Waals surface area (Å²) in [5, 5.41) is 9.71. The average Bonchev–Trinajstić information content (AvgIpc) is 3.28. The molecule has 7 nitrogen and oxygen atoms in total. The maximum atomic E-state index is 11.7. The Kier molecular flexibility index (Phi) is 4.38. The van der Waals surface area contributed by atoms with Crippen LogP contribution in [0.2, 0.25) is 0 Å². The number of ether oxygens (including phenoxy) is 4. The molecule has 4 aliphatic heterocycles. The number of aromatic hydroxyl groups is 1. The summed E-state index contributed by atoms with van der Waals surface area (Å²) in [6, 6.07) is 7.24. The number of benzene rings is 1. The van der Waals surface area contributed by atoms with Crippen LogP contribution in [0.1, 0.15) is 31.7 Å². The van der Waals surface area contributed by atoms with Gasteiger partial charge in [0, 0.05) is 31.3 Å². The van der Waals surface area contributed by atoms with Crippen LogP contribution in [0.25, 0.3) is 0 Å². The lowest BCUT2D eigenvalue weighted by Gasteiger charge is -2.53. The van der Waals surface area contributed by atoms with Crippen molar-refractivity contribution in [3.05, 3.63) is 29.8 Å². The number of carbonyl (C=O) groups excluding carboxylic acids is 2. The van der Waals surface area contributed by atoms with Gasteiger partial charge < -0.3 is 24.1 Å². The van der Waals surface area contributed by atoms with Crippen molar-refractivity contribution in [3.8, 4) is 5.75 Å². The molecule has 0 radical (unpaired) electrons. The number of phenolic OH excluding ortho intramolecular Hbond substituents is 1. The highest BCUT2D eigenvalue weighted by Gasteiger charge is 2.81. The van der Waals surface area contributed by atoms with Gasteiger partial charge in [0.05, 0.1) is 29.1 Å². The van der Waals surface area contributed by atoms with E-state index in [0.717, 1.165) is 23.5 Å². The van der Waals surface area contributed by atoms with Crippen molar-refractivity contribution in [2.75, 3.05) is 18.1 Å². The number of esters is 2. The van der Waals surface area contributed by atoms with Crippen LogP contribution in [0.5, 0.6) is 5.75 Å². The SMILES string of the molecule is CC(=O)OC[C@@]12[C@H]3[C@H](OC(C)=O)O[C@@H]1CSC[C@]21O[C@H]3C[C@@H]1c1ccc(O)cc1. The van der Waals surface area contributed by atoms with E-state index in [9.17, 15) is 14.7 Å². The van der Waals surface area contributed by atoms with Crippen LogP contribution in [0.4, 0.5) is 0 Å². The summed E-state index contributed by atoms with van der Waals surface area (Å²) in [5.41, 5.74) is -0.0737. The molecule has 2 bridgehead atoms. The number of fused-ring (bicyclic) bond motifs is 2. The van der Waals surface area contributed by atoms with Gasteiger partial charge in [-0.1, -0.05) is 12.1 Å². The molecule has 1 aromatic rings. The van der Waals surface area contributed by atoms with Crippen molar-refractivity contribution in [2.24, 2.45) is 11.3 Å². The minimum atomic E-state index is -0.695. The van der Waals surface area contributed by atoms with Gasteiger partial charge in [-0.15, -0.1) is 0 Å². The summed E-state index contributed by atoms with van der Waals surface area (Å²) in [4.78, 5) is 23.5. The second-order valence-corrected chi connectivity index (χ2v) is 9.42. The highest BCUT2D eigenvalue weighted by Crippen LogP contribution is 2.72. The predicted octanol–water partition coefficient (Wildman–Crippen LogP) is 2.22. The molecule has 8 heteroatoms. The molecule has 4 heterocycles. The van der Waals surface area contributed by atoms with E-state index in [4.69, 9.17) is 18.9 Å². The Morgan fingerprint density at radius 2 is 2.00 bits per heavy atom. The molecule has 4 fully saturated rings. The molecule has 4 saturated heterocycles. The number of thioether (sulfide) groups is 1. The summed E-state index contributed by atoms with van der Waals surface area (Å²) >= 11 is 1.76. The Balaban J connectivity index is 1.60. The molecule has 29 heavy (non-hydrogen) atoms. The van der Waals surface area contributed by atoms with Crippen LogP contribution in [0.15, 0.2) is 24.3 Å². The fourth-order valence-corrected chi connectivity index (χ4v) is 7.60. The highest BCUT2D eigenvalue weighted by atomic mass is 32.2. The van der Waals surface area contributed by atoms with E-state index in [0.29, 0.717) is 0 Å². The predicted molar refractivity (Wildman–Crippen MR) is 103 cm³/mol. The number of hydrogen-bond acceptors (Lipinski definition) is 8. The van der Waals surface area contributed by atoms with Crippen molar-refractivity contribution >= 4 is 23.7 Å². The molecule has 0 saturated carbocycles. The lowest BCUT2D eigenvalue weighted by Crippen LogP contribution is -2.63. The van der Waals surface area contributed by atoms with E-state index >= 15 is 0 Å². The van der Waals surface area contributed by atoms with Gasteiger partial charge in [0.25, 0.3) is 0 Å². The molecule has 7 atom stereocenters. The Hall–Kier alpha value is -1.77. The summed E-state index contributed by atoms with van der Waals surface area (Å²) in [6.07, 6.45) is -0.317. The third-order valence-electron chi connectivity index (χ3n) is 7.02. The van der Waals surface area contributed by atoms with E-state index < -0.39 is 23.3 Å². The van der Waals surface area contributed by atoms with Gasteiger partial charge >= 0.3 is 11.9 Å².